The number of aliphatic imine (C=N–C) groups is 1. The van der Waals surface area contributed by atoms with E-state index in [0.29, 0.717) is 24.4 Å². The number of hydrogen-bond acceptors (Lipinski definition) is 6. The van der Waals surface area contributed by atoms with Crippen LogP contribution in [0.15, 0.2) is 70.2 Å². The van der Waals surface area contributed by atoms with Crippen molar-refractivity contribution in [2.45, 2.75) is 47.1 Å². The average Bonchev–Trinajstić information content (AvgIpc) is 3.28. The fraction of sp³-hybridized carbons (Fsp3) is 0.345. The van der Waals surface area contributed by atoms with Crippen LogP contribution in [0.5, 0.6) is 0 Å². The van der Waals surface area contributed by atoms with Crippen molar-refractivity contribution < 1.29 is 14.3 Å². The van der Waals surface area contributed by atoms with E-state index in [2.05, 4.69) is 30.0 Å². The van der Waals surface area contributed by atoms with Crippen LogP contribution in [0.25, 0.3) is 5.70 Å². The van der Waals surface area contributed by atoms with E-state index in [1.54, 1.807) is 0 Å². The number of benzene rings is 2. The van der Waals surface area contributed by atoms with Crippen LogP contribution in [0.4, 0.5) is 0 Å². The molecule has 2 aromatic rings. The lowest BCUT2D eigenvalue weighted by Crippen LogP contribution is -2.39. The minimum atomic E-state index is -0.461. The Labute approximate surface area is 217 Å². The summed E-state index contributed by atoms with van der Waals surface area (Å²) in [5.74, 6) is -0.334. The molecule has 0 saturated carbocycles. The number of aryl methyl sites for hydroxylation is 2. The standard InChI is InChI=1S/C29H33N3O3S/c1-6-31(7-2)24(33)17-22-18-36-29-30-26(21-12-10-9-11-13-21)25(28(34)35-8-3)27(32(22)29)23-16-19(4)14-15-20(23)5/h9-16,18,27H,6-8,17H2,1-5H3. The number of rotatable bonds is 8. The molecule has 0 radical (unpaired) electrons. The molecule has 0 spiro atoms. The molecular formula is C29H33N3O3S. The van der Waals surface area contributed by atoms with Crippen molar-refractivity contribution in [2.75, 3.05) is 19.7 Å². The van der Waals surface area contributed by atoms with Gasteiger partial charge in [-0.1, -0.05) is 65.9 Å². The van der Waals surface area contributed by atoms with Gasteiger partial charge < -0.3 is 14.5 Å². The minimum absolute atomic E-state index is 0.0586. The van der Waals surface area contributed by atoms with Crippen molar-refractivity contribution >= 4 is 34.5 Å². The summed E-state index contributed by atoms with van der Waals surface area (Å²) < 4.78 is 5.60. The lowest BCUT2D eigenvalue weighted by molar-refractivity contribution is -0.139. The highest BCUT2D eigenvalue weighted by Crippen LogP contribution is 2.47. The molecule has 2 aliphatic rings. The predicted octanol–water partition coefficient (Wildman–Crippen LogP) is 5.84. The van der Waals surface area contributed by atoms with Crippen LogP contribution in [0.2, 0.25) is 0 Å². The minimum Gasteiger partial charge on any atom is -0.463 e. The first-order valence-corrected chi connectivity index (χ1v) is 13.3. The zero-order chi connectivity index (χ0) is 25.8. The van der Waals surface area contributed by atoms with Gasteiger partial charge in [-0.25, -0.2) is 9.79 Å². The first-order chi connectivity index (χ1) is 17.4. The van der Waals surface area contributed by atoms with Crippen molar-refractivity contribution in [2.24, 2.45) is 4.99 Å². The molecular weight excluding hydrogens is 470 g/mol. The molecule has 2 aromatic carbocycles. The van der Waals surface area contributed by atoms with Gasteiger partial charge in [0.05, 0.1) is 30.3 Å². The van der Waals surface area contributed by atoms with E-state index in [9.17, 15) is 9.59 Å². The fourth-order valence-electron chi connectivity index (χ4n) is 4.68. The van der Waals surface area contributed by atoms with E-state index >= 15 is 0 Å². The normalized spacial score (nSPS) is 16.9. The fourth-order valence-corrected chi connectivity index (χ4v) is 5.60. The summed E-state index contributed by atoms with van der Waals surface area (Å²) in [4.78, 5) is 35.6. The summed E-state index contributed by atoms with van der Waals surface area (Å²) in [6.45, 7) is 11.5. The summed E-state index contributed by atoms with van der Waals surface area (Å²) >= 11 is 1.49. The molecule has 4 rings (SSSR count). The number of carbonyl (C=O) groups is 2. The molecule has 1 unspecified atom stereocenters. The maximum Gasteiger partial charge on any atom is 0.338 e. The number of thioether (sulfide) groups is 1. The Hall–Kier alpha value is -3.32. The Kier molecular flexibility index (Phi) is 7.99. The number of nitrogens with zero attached hydrogens (tertiary/aromatic N) is 3. The number of amides is 1. The maximum absolute atomic E-state index is 13.6. The van der Waals surface area contributed by atoms with Gasteiger partial charge in [0.1, 0.15) is 0 Å². The van der Waals surface area contributed by atoms with Crippen molar-refractivity contribution in [3.63, 3.8) is 0 Å². The van der Waals surface area contributed by atoms with Gasteiger partial charge in [-0.05, 0) is 51.2 Å². The lowest BCUT2D eigenvalue weighted by Gasteiger charge is -2.38. The van der Waals surface area contributed by atoms with Crippen molar-refractivity contribution in [1.29, 1.82) is 0 Å². The van der Waals surface area contributed by atoms with Gasteiger partial charge in [0.2, 0.25) is 5.91 Å². The van der Waals surface area contributed by atoms with Gasteiger partial charge in [0.25, 0.3) is 0 Å². The monoisotopic (exact) mass is 503 g/mol. The molecule has 1 amide bonds. The first-order valence-electron chi connectivity index (χ1n) is 12.4. The van der Waals surface area contributed by atoms with Crippen LogP contribution in [-0.4, -0.2) is 46.5 Å². The van der Waals surface area contributed by atoms with Crippen molar-refractivity contribution in [3.05, 3.63) is 87.5 Å². The van der Waals surface area contributed by atoms with Gasteiger partial charge in [0.15, 0.2) is 5.17 Å². The predicted molar refractivity (Wildman–Crippen MR) is 146 cm³/mol. The van der Waals surface area contributed by atoms with Gasteiger partial charge in [-0.2, -0.15) is 0 Å². The Morgan fingerprint density at radius 1 is 1.06 bits per heavy atom. The number of carbonyl (C=O) groups excluding carboxylic acids is 2. The molecule has 36 heavy (non-hydrogen) atoms. The molecule has 2 heterocycles. The number of amidine groups is 1. The van der Waals surface area contributed by atoms with Crippen LogP contribution in [-0.2, 0) is 14.3 Å². The number of hydrogen-bond donors (Lipinski definition) is 0. The highest BCUT2D eigenvalue weighted by molar-refractivity contribution is 8.16. The molecule has 7 heteroatoms. The first kappa shape index (κ1) is 25.8. The molecule has 1 atom stereocenters. The molecule has 0 aliphatic carbocycles. The highest BCUT2D eigenvalue weighted by atomic mass is 32.2. The van der Waals surface area contributed by atoms with E-state index in [1.807, 2.05) is 68.3 Å². The van der Waals surface area contributed by atoms with Gasteiger partial charge in [0, 0.05) is 24.4 Å². The number of esters is 1. The third-order valence-electron chi connectivity index (χ3n) is 6.53. The van der Waals surface area contributed by atoms with Crippen LogP contribution in [0.1, 0.15) is 55.5 Å². The zero-order valence-corrected chi connectivity index (χ0v) is 22.4. The van der Waals surface area contributed by atoms with Crippen molar-refractivity contribution in [1.82, 2.24) is 9.80 Å². The van der Waals surface area contributed by atoms with E-state index in [0.717, 1.165) is 33.1 Å². The second-order valence-corrected chi connectivity index (χ2v) is 9.68. The molecule has 0 N–H and O–H groups in total. The average molecular weight is 504 g/mol. The summed E-state index contributed by atoms with van der Waals surface area (Å²) in [6.07, 6.45) is 0.242. The Morgan fingerprint density at radius 2 is 1.78 bits per heavy atom. The Bertz CT molecular complexity index is 1250. The largest absolute Gasteiger partial charge is 0.463 e. The van der Waals surface area contributed by atoms with Crippen LogP contribution in [0.3, 0.4) is 0 Å². The number of ether oxygens (including phenoxy) is 1. The van der Waals surface area contributed by atoms with Crippen LogP contribution < -0.4 is 0 Å². The summed E-state index contributed by atoms with van der Waals surface area (Å²) in [7, 11) is 0. The summed E-state index contributed by atoms with van der Waals surface area (Å²) in [5, 5.41) is 2.75. The molecule has 6 nitrogen and oxygen atoms in total. The molecule has 0 bridgehead atoms. The third kappa shape index (κ3) is 4.98. The lowest BCUT2D eigenvalue weighted by atomic mass is 9.88. The second kappa shape index (κ2) is 11.2. The Morgan fingerprint density at radius 3 is 2.44 bits per heavy atom. The van der Waals surface area contributed by atoms with E-state index in [4.69, 9.17) is 9.73 Å². The van der Waals surface area contributed by atoms with Gasteiger partial charge in [-0.3, -0.25) is 4.79 Å². The highest BCUT2D eigenvalue weighted by Gasteiger charge is 2.43. The topological polar surface area (TPSA) is 62.2 Å². The molecule has 2 aliphatic heterocycles. The molecule has 0 aromatic heterocycles. The Balaban J connectivity index is 1.91. The third-order valence-corrected chi connectivity index (χ3v) is 7.42. The summed E-state index contributed by atoms with van der Waals surface area (Å²) in [6, 6.07) is 15.6. The van der Waals surface area contributed by atoms with Crippen molar-refractivity contribution in [3.8, 4) is 0 Å². The van der Waals surface area contributed by atoms with Crippen LogP contribution >= 0.6 is 11.8 Å². The number of fused-ring (bicyclic) bond motifs is 1. The van der Waals surface area contributed by atoms with Crippen LogP contribution in [0, 0.1) is 13.8 Å². The van der Waals surface area contributed by atoms with Gasteiger partial charge >= 0.3 is 5.97 Å². The SMILES string of the molecule is CCOC(=O)C1=C(c2ccccc2)N=C2SC=C(CC(=O)N(CC)CC)N2C1c1cc(C)ccc1C. The molecule has 0 saturated heterocycles. The quantitative estimate of drug-likeness (QED) is 0.424. The van der Waals surface area contributed by atoms with Gasteiger partial charge in [-0.15, -0.1) is 0 Å². The van der Waals surface area contributed by atoms with E-state index in [1.165, 1.54) is 11.8 Å². The zero-order valence-electron chi connectivity index (χ0n) is 21.6. The van der Waals surface area contributed by atoms with E-state index in [-0.39, 0.29) is 18.9 Å². The molecule has 0 fully saturated rings. The smallest absolute Gasteiger partial charge is 0.338 e. The maximum atomic E-state index is 13.6. The van der Waals surface area contributed by atoms with E-state index < -0.39 is 12.0 Å². The molecule has 188 valence electrons. The summed E-state index contributed by atoms with van der Waals surface area (Å²) in [5.41, 5.74) is 5.97. The second-order valence-electron chi connectivity index (χ2n) is 8.85.